The molecule has 2 rings (SSSR count). The van der Waals surface area contributed by atoms with Gasteiger partial charge in [0.05, 0.1) is 0 Å². The van der Waals surface area contributed by atoms with Gasteiger partial charge in [0, 0.05) is 30.2 Å². The molecule has 1 heterocycles. The van der Waals surface area contributed by atoms with Crippen LogP contribution in [0.1, 0.15) is 38.7 Å². The van der Waals surface area contributed by atoms with E-state index in [1.54, 1.807) is 0 Å². The molecule has 0 bridgehead atoms. The Morgan fingerprint density at radius 1 is 1.37 bits per heavy atom. The zero-order valence-corrected chi connectivity index (χ0v) is 12.8. The lowest BCUT2D eigenvalue weighted by atomic mass is 10.0. The lowest BCUT2D eigenvalue weighted by molar-refractivity contribution is 0.177. The maximum atomic E-state index is 6.07. The van der Waals surface area contributed by atoms with Crippen LogP contribution in [0.4, 0.5) is 0 Å². The van der Waals surface area contributed by atoms with Crippen LogP contribution in [0.15, 0.2) is 24.3 Å². The quantitative estimate of drug-likeness (QED) is 0.885. The molecule has 1 aromatic rings. The molecule has 2 nitrogen and oxygen atoms in total. The predicted molar refractivity (Wildman–Crippen MR) is 82.6 cm³/mol. The van der Waals surface area contributed by atoms with Gasteiger partial charge in [-0.3, -0.25) is 4.90 Å². The molecule has 1 aliphatic heterocycles. The molecule has 0 aromatic heterocycles. The van der Waals surface area contributed by atoms with Gasteiger partial charge >= 0.3 is 0 Å². The zero-order chi connectivity index (χ0) is 13.7. The van der Waals surface area contributed by atoms with Gasteiger partial charge in [0.25, 0.3) is 0 Å². The van der Waals surface area contributed by atoms with Crippen LogP contribution in [-0.2, 0) is 6.54 Å². The Morgan fingerprint density at radius 2 is 2.21 bits per heavy atom. The standard InChI is InChI=1S/C16H25ClN2/c1-13(2)19(12-16-8-3-4-9-18-16)11-14-6-5-7-15(17)10-14/h5-7,10,13,16,18H,3-4,8-9,11-12H2,1-2H3. The lowest BCUT2D eigenvalue weighted by Gasteiger charge is -2.33. The smallest absolute Gasteiger partial charge is 0.0409 e. The summed E-state index contributed by atoms with van der Waals surface area (Å²) in [6.07, 6.45) is 3.99. The minimum atomic E-state index is 0.558. The number of rotatable bonds is 5. The molecule has 0 spiro atoms. The molecule has 1 fully saturated rings. The summed E-state index contributed by atoms with van der Waals surface area (Å²) in [6, 6.07) is 9.42. The predicted octanol–water partition coefficient (Wildman–Crippen LogP) is 3.69. The van der Waals surface area contributed by atoms with Gasteiger partial charge in [0.15, 0.2) is 0 Å². The number of hydrogen-bond donors (Lipinski definition) is 1. The zero-order valence-electron chi connectivity index (χ0n) is 12.0. The summed E-state index contributed by atoms with van der Waals surface area (Å²) in [4.78, 5) is 2.54. The van der Waals surface area contributed by atoms with Gasteiger partial charge < -0.3 is 5.32 Å². The van der Waals surface area contributed by atoms with Crippen molar-refractivity contribution in [2.75, 3.05) is 13.1 Å². The van der Waals surface area contributed by atoms with Crippen molar-refractivity contribution in [3.63, 3.8) is 0 Å². The lowest BCUT2D eigenvalue weighted by Crippen LogP contribution is -2.45. The Morgan fingerprint density at radius 3 is 2.84 bits per heavy atom. The maximum absolute atomic E-state index is 6.07. The van der Waals surface area contributed by atoms with Crippen molar-refractivity contribution >= 4 is 11.6 Å². The minimum Gasteiger partial charge on any atom is -0.313 e. The summed E-state index contributed by atoms with van der Waals surface area (Å²) in [6.45, 7) is 7.83. The Bertz CT molecular complexity index is 386. The van der Waals surface area contributed by atoms with Gasteiger partial charge in [-0.25, -0.2) is 0 Å². The van der Waals surface area contributed by atoms with Crippen LogP contribution < -0.4 is 5.32 Å². The van der Waals surface area contributed by atoms with Gasteiger partial charge in [-0.1, -0.05) is 30.2 Å². The van der Waals surface area contributed by atoms with E-state index in [-0.39, 0.29) is 0 Å². The Hall–Kier alpha value is -0.570. The summed E-state index contributed by atoms with van der Waals surface area (Å²) in [5.41, 5.74) is 1.30. The Labute approximate surface area is 122 Å². The second kappa shape index (κ2) is 7.28. The van der Waals surface area contributed by atoms with Gasteiger partial charge in [-0.2, -0.15) is 0 Å². The minimum absolute atomic E-state index is 0.558. The monoisotopic (exact) mass is 280 g/mol. The fourth-order valence-corrected chi connectivity index (χ4v) is 2.90. The molecule has 19 heavy (non-hydrogen) atoms. The third kappa shape index (κ3) is 4.79. The normalized spacial score (nSPS) is 20.2. The topological polar surface area (TPSA) is 15.3 Å². The van der Waals surface area contributed by atoms with E-state index in [4.69, 9.17) is 11.6 Å². The molecule has 106 valence electrons. The summed E-state index contributed by atoms with van der Waals surface area (Å²) >= 11 is 6.07. The van der Waals surface area contributed by atoms with E-state index in [2.05, 4.69) is 36.2 Å². The van der Waals surface area contributed by atoms with Gasteiger partial charge in [0.1, 0.15) is 0 Å². The molecule has 0 aliphatic carbocycles. The first-order valence-corrected chi connectivity index (χ1v) is 7.75. The molecular weight excluding hydrogens is 256 g/mol. The SMILES string of the molecule is CC(C)N(Cc1cccc(Cl)c1)CC1CCCCN1. The van der Waals surface area contributed by atoms with Crippen molar-refractivity contribution in [2.45, 2.75) is 51.7 Å². The van der Waals surface area contributed by atoms with Crippen molar-refractivity contribution in [3.05, 3.63) is 34.9 Å². The highest BCUT2D eigenvalue weighted by atomic mass is 35.5. The van der Waals surface area contributed by atoms with Crippen LogP contribution in [0.25, 0.3) is 0 Å². The van der Waals surface area contributed by atoms with Gasteiger partial charge in [-0.15, -0.1) is 0 Å². The molecular formula is C16H25ClN2. The molecule has 3 heteroatoms. The van der Waals surface area contributed by atoms with Crippen molar-refractivity contribution in [1.29, 1.82) is 0 Å². The van der Waals surface area contributed by atoms with Crippen LogP contribution in [0.3, 0.4) is 0 Å². The van der Waals surface area contributed by atoms with Crippen molar-refractivity contribution in [2.24, 2.45) is 0 Å². The first-order chi connectivity index (χ1) is 9.15. The Kier molecular flexibility index (Phi) is 5.68. The first-order valence-electron chi connectivity index (χ1n) is 7.37. The van der Waals surface area contributed by atoms with Crippen molar-refractivity contribution in [1.82, 2.24) is 10.2 Å². The molecule has 1 atom stereocenters. The molecule has 0 amide bonds. The highest BCUT2D eigenvalue weighted by Gasteiger charge is 2.18. The summed E-state index contributed by atoms with van der Waals surface area (Å²) in [5.74, 6) is 0. The van der Waals surface area contributed by atoms with Crippen molar-refractivity contribution in [3.8, 4) is 0 Å². The fourth-order valence-electron chi connectivity index (χ4n) is 2.69. The molecule has 1 unspecified atom stereocenters. The molecule has 1 aromatic carbocycles. The maximum Gasteiger partial charge on any atom is 0.0409 e. The van der Waals surface area contributed by atoms with Gasteiger partial charge in [0.2, 0.25) is 0 Å². The van der Waals surface area contributed by atoms with Crippen molar-refractivity contribution < 1.29 is 0 Å². The molecule has 0 saturated carbocycles. The van der Waals surface area contributed by atoms with E-state index in [9.17, 15) is 0 Å². The van der Waals surface area contributed by atoms with Crippen LogP contribution in [0.2, 0.25) is 5.02 Å². The second-order valence-electron chi connectivity index (χ2n) is 5.80. The average molecular weight is 281 g/mol. The third-order valence-electron chi connectivity index (χ3n) is 3.87. The molecule has 1 saturated heterocycles. The van der Waals surface area contributed by atoms with E-state index in [0.717, 1.165) is 18.1 Å². The number of nitrogens with one attached hydrogen (secondary N) is 1. The van der Waals surface area contributed by atoms with E-state index >= 15 is 0 Å². The highest BCUT2D eigenvalue weighted by Crippen LogP contribution is 2.16. The average Bonchev–Trinajstić information content (AvgIpc) is 2.39. The van der Waals surface area contributed by atoms with Gasteiger partial charge in [-0.05, 0) is 50.9 Å². The number of benzene rings is 1. The first kappa shape index (κ1) is 14.8. The van der Waals surface area contributed by atoms with Crippen LogP contribution in [-0.4, -0.2) is 30.1 Å². The fraction of sp³-hybridized carbons (Fsp3) is 0.625. The van der Waals surface area contributed by atoms with E-state index < -0.39 is 0 Å². The summed E-state index contributed by atoms with van der Waals surface area (Å²) in [7, 11) is 0. The Balaban J connectivity index is 1.95. The summed E-state index contributed by atoms with van der Waals surface area (Å²) < 4.78 is 0. The van der Waals surface area contributed by atoms with Crippen LogP contribution in [0.5, 0.6) is 0 Å². The van der Waals surface area contributed by atoms with E-state index in [0.29, 0.717) is 12.1 Å². The number of halogens is 1. The molecule has 0 radical (unpaired) electrons. The highest BCUT2D eigenvalue weighted by molar-refractivity contribution is 6.30. The second-order valence-corrected chi connectivity index (χ2v) is 6.24. The molecule has 1 aliphatic rings. The van der Waals surface area contributed by atoms with E-state index in [1.165, 1.54) is 31.4 Å². The van der Waals surface area contributed by atoms with E-state index in [1.807, 2.05) is 12.1 Å². The third-order valence-corrected chi connectivity index (χ3v) is 4.11. The number of nitrogens with zero attached hydrogens (tertiary/aromatic N) is 1. The number of piperidine rings is 1. The number of hydrogen-bond acceptors (Lipinski definition) is 2. The van der Waals surface area contributed by atoms with Crippen LogP contribution in [0, 0.1) is 0 Å². The van der Waals surface area contributed by atoms with Crippen LogP contribution >= 0.6 is 11.6 Å². The summed E-state index contributed by atoms with van der Waals surface area (Å²) in [5, 5.41) is 4.46. The largest absolute Gasteiger partial charge is 0.313 e. The molecule has 1 N–H and O–H groups in total.